The van der Waals surface area contributed by atoms with Crippen LogP contribution in [-0.4, -0.2) is 27.5 Å². The Hall–Kier alpha value is -2.63. The first-order valence-corrected chi connectivity index (χ1v) is 9.60. The highest BCUT2D eigenvalue weighted by molar-refractivity contribution is 5.99. The number of hydrogen-bond donors (Lipinski definition) is 0. The highest BCUT2D eigenvalue weighted by Gasteiger charge is 2.35. The number of aryl methyl sites for hydroxylation is 2. The van der Waals surface area contributed by atoms with Crippen LogP contribution in [0.25, 0.3) is 11.0 Å². The van der Waals surface area contributed by atoms with E-state index in [2.05, 4.69) is 10.1 Å². The van der Waals surface area contributed by atoms with Crippen LogP contribution < -0.4 is 0 Å². The molecule has 0 aliphatic carbocycles. The van der Waals surface area contributed by atoms with Crippen molar-refractivity contribution in [1.29, 1.82) is 0 Å². The molecule has 1 amide bonds. The van der Waals surface area contributed by atoms with Gasteiger partial charge in [0.2, 0.25) is 5.89 Å². The van der Waals surface area contributed by atoms with E-state index in [4.69, 9.17) is 8.94 Å². The van der Waals surface area contributed by atoms with Gasteiger partial charge >= 0.3 is 0 Å². The van der Waals surface area contributed by atoms with Crippen LogP contribution in [0.15, 0.2) is 27.1 Å². The molecular formula is C21H25N3O3. The highest BCUT2D eigenvalue weighted by atomic mass is 16.5. The number of nitrogens with zero attached hydrogens (tertiary/aromatic N) is 3. The summed E-state index contributed by atoms with van der Waals surface area (Å²) in [5, 5.41) is 5.06. The van der Waals surface area contributed by atoms with Crippen LogP contribution >= 0.6 is 0 Å². The molecule has 6 heteroatoms. The Labute approximate surface area is 158 Å². The molecule has 142 valence electrons. The summed E-state index contributed by atoms with van der Waals surface area (Å²) in [7, 11) is 0. The Morgan fingerprint density at radius 1 is 1.26 bits per heavy atom. The molecule has 0 radical (unpaired) electrons. The first-order chi connectivity index (χ1) is 13.0. The first kappa shape index (κ1) is 17.8. The fourth-order valence-corrected chi connectivity index (χ4v) is 3.72. The number of piperidine rings is 1. The number of carbonyl (C=O) groups is 1. The number of likely N-dealkylation sites (tertiary alicyclic amines) is 1. The highest BCUT2D eigenvalue weighted by Crippen LogP contribution is 2.34. The van der Waals surface area contributed by atoms with Crippen LogP contribution in [0.2, 0.25) is 0 Å². The number of aromatic nitrogens is 2. The quantitative estimate of drug-likeness (QED) is 0.657. The summed E-state index contributed by atoms with van der Waals surface area (Å²) in [5.74, 6) is 1.70. The zero-order valence-corrected chi connectivity index (χ0v) is 16.3. The topological polar surface area (TPSA) is 72.4 Å². The standard InChI is InChI=1S/C21H25N3O3/c1-12(2)19-22-20(27-23-19)16-7-5-6-10-24(16)21(25)18-14(4)15-9-8-13(3)11-17(15)26-18/h8-9,11-12,16H,5-7,10H2,1-4H3/t16-/m0/s1. The molecule has 1 atom stereocenters. The van der Waals surface area contributed by atoms with Crippen LogP contribution in [0.3, 0.4) is 0 Å². The molecule has 0 N–H and O–H groups in total. The molecule has 3 aromatic rings. The molecule has 1 aromatic carbocycles. The van der Waals surface area contributed by atoms with Crippen molar-refractivity contribution in [3.05, 3.63) is 46.8 Å². The van der Waals surface area contributed by atoms with Crippen molar-refractivity contribution in [2.45, 2.75) is 58.9 Å². The summed E-state index contributed by atoms with van der Waals surface area (Å²) in [4.78, 5) is 19.7. The Morgan fingerprint density at radius 3 is 2.81 bits per heavy atom. The van der Waals surface area contributed by atoms with E-state index >= 15 is 0 Å². The molecule has 3 heterocycles. The molecule has 1 saturated heterocycles. The van der Waals surface area contributed by atoms with Crippen molar-refractivity contribution < 1.29 is 13.7 Å². The summed E-state index contributed by atoms with van der Waals surface area (Å²) in [6, 6.07) is 5.83. The summed E-state index contributed by atoms with van der Waals surface area (Å²) >= 11 is 0. The Bertz CT molecular complexity index is 986. The maximum atomic E-state index is 13.3. The maximum Gasteiger partial charge on any atom is 0.290 e. The summed E-state index contributed by atoms with van der Waals surface area (Å²) in [6.07, 6.45) is 2.82. The van der Waals surface area contributed by atoms with E-state index < -0.39 is 0 Å². The van der Waals surface area contributed by atoms with Crippen molar-refractivity contribution in [3.63, 3.8) is 0 Å². The van der Waals surface area contributed by atoms with Crippen molar-refractivity contribution in [3.8, 4) is 0 Å². The Morgan fingerprint density at radius 2 is 2.07 bits per heavy atom. The van der Waals surface area contributed by atoms with E-state index in [1.165, 1.54) is 0 Å². The Kier molecular flexibility index (Phi) is 4.50. The maximum absolute atomic E-state index is 13.3. The van der Waals surface area contributed by atoms with E-state index in [9.17, 15) is 4.79 Å². The van der Waals surface area contributed by atoms with Crippen molar-refractivity contribution in [2.75, 3.05) is 6.54 Å². The van der Waals surface area contributed by atoms with Crippen LogP contribution in [-0.2, 0) is 0 Å². The van der Waals surface area contributed by atoms with E-state index in [0.717, 1.165) is 41.4 Å². The van der Waals surface area contributed by atoms with Gasteiger partial charge in [-0.15, -0.1) is 0 Å². The average molecular weight is 367 g/mol. The lowest BCUT2D eigenvalue weighted by atomic mass is 10.0. The number of rotatable bonds is 3. The minimum Gasteiger partial charge on any atom is -0.451 e. The molecule has 0 spiro atoms. The van der Waals surface area contributed by atoms with Gasteiger partial charge in [-0.05, 0) is 44.7 Å². The lowest BCUT2D eigenvalue weighted by Crippen LogP contribution is -2.38. The number of furan rings is 1. The fraction of sp³-hybridized carbons (Fsp3) is 0.476. The first-order valence-electron chi connectivity index (χ1n) is 9.60. The molecule has 1 aliphatic rings. The molecule has 0 saturated carbocycles. The van der Waals surface area contributed by atoms with E-state index in [-0.39, 0.29) is 17.9 Å². The SMILES string of the molecule is Cc1ccc2c(C)c(C(=O)N3CCCC[C@H]3c3nc(C(C)C)no3)oc2c1. The van der Waals surface area contributed by atoms with Gasteiger partial charge in [-0.25, -0.2) is 0 Å². The Balaban J connectivity index is 1.69. The van der Waals surface area contributed by atoms with Crippen molar-refractivity contribution in [1.82, 2.24) is 15.0 Å². The molecule has 0 unspecified atom stereocenters. The monoisotopic (exact) mass is 367 g/mol. The zero-order valence-electron chi connectivity index (χ0n) is 16.3. The minimum absolute atomic E-state index is 0.102. The second kappa shape index (κ2) is 6.83. The van der Waals surface area contributed by atoms with E-state index in [0.29, 0.717) is 24.0 Å². The smallest absolute Gasteiger partial charge is 0.290 e. The van der Waals surface area contributed by atoms with Gasteiger partial charge < -0.3 is 13.8 Å². The predicted octanol–water partition coefficient (Wildman–Crippen LogP) is 4.92. The van der Waals surface area contributed by atoms with Gasteiger partial charge in [-0.3, -0.25) is 4.79 Å². The third kappa shape index (κ3) is 3.13. The van der Waals surface area contributed by atoms with E-state index in [1.54, 1.807) is 0 Å². The molecule has 1 aliphatic heterocycles. The second-order valence-corrected chi connectivity index (χ2v) is 7.71. The summed E-state index contributed by atoms with van der Waals surface area (Å²) < 4.78 is 11.5. The van der Waals surface area contributed by atoms with Crippen LogP contribution in [0, 0.1) is 13.8 Å². The summed E-state index contributed by atoms with van der Waals surface area (Å²) in [6.45, 7) is 8.67. The van der Waals surface area contributed by atoms with Gasteiger partial charge in [0.1, 0.15) is 11.6 Å². The van der Waals surface area contributed by atoms with Gasteiger partial charge in [-0.1, -0.05) is 31.1 Å². The number of fused-ring (bicyclic) bond motifs is 1. The van der Waals surface area contributed by atoms with E-state index in [1.807, 2.05) is 50.8 Å². The normalized spacial score (nSPS) is 17.8. The number of carbonyl (C=O) groups excluding carboxylic acids is 1. The fourth-order valence-electron chi connectivity index (χ4n) is 3.72. The zero-order chi connectivity index (χ0) is 19.1. The van der Waals surface area contributed by atoms with Crippen molar-refractivity contribution >= 4 is 16.9 Å². The number of hydrogen-bond acceptors (Lipinski definition) is 5. The molecule has 0 bridgehead atoms. The number of amides is 1. The minimum atomic E-state index is -0.194. The van der Waals surface area contributed by atoms with Crippen LogP contribution in [0.1, 0.15) is 78.5 Å². The second-order valence-electron chi connectivity index (χ2n) is 7.71. The lowest BCUT2D eigenvalue weighted by Gasteiger charge is -2.32. The molecule has 4 rings (SSSR count). The molecule has 27 heavy (non-hydrogen) atoms. The third-order valence-corrected chi connectivity index (χ3v) is 5.31. The van der Waals surface area contributed by atoms with Crippen molar-refractivity contribution in [2.24, 2.45) is 0 Å². The predicted molar refractivity (Wildman–Crippen MR) is 102 cm³/mol. The summed E-state index contributed by atoms with van der Waals surface area (Å²) in [5.41, 5.74) is 2.75. The van der Waals surface area contributed by atoms with Crippen LogP contribution in [0.4, 0.5) is 0 Å². The van der Waals surface area contributed by atoms with Crippen LogP contribution in [0.5, 0.6) is 0 Å². The van der Waals surface area contributed by atoms with Gasteiger partial charge in [0, 0.05) is 23.4 Å². The van der Waals surface area contributed by atoms with Gasteiger partial charge in [0.15, 0.2) is 11.6 Å². The number of benzene rings is 1. The van der Waals surface area contributed by atoms with Gasteiger partial charge in [0.05, 0.1) is 0 Å². The van der Waals surface area contributed by atoms with Gasteiger partial charge in [0.25, 0.3) is 5.91 Å². The molecule has 6 nitrogen and oxygen atoms in total. The molecule has 1 fully saturated rings. The average Bonchev–Trinajstić information content (AvgIpc) is 3.26. The molecule has 2 aromatic heterocycles. The lowest BCUT2D eigenvalue weighted by molar-refractivity contribution is 0.0531. The third-order valence-electron chi connectivity index (χ3n) is 5.31. The largest absolute Gasteiger partial charge is 0.451 e. The molecular weight excluding hydrogens is 342 g/mol. The van der Waals surface area contributed by atoms with Gasteiger partial charge in [-0.2, -0.15) is 4.98 Å².